The minimum absolute atomic E-state index is 0.0106. The number of rotatable bonds is 6. The molecule has 2 heterocycles. The first-order valence-electron chi connectivity index (χ1n) is 12.3. The van der Waals surface area contributed by atoms with E-state index in [0.29, 0.717) is 20.0 Å². The maximum atomic E-state index is 13.5. The Kier molecular flexibility index (Phi) is 7.03. The third kappa shape index (κ3) is 5.94. The Balaban J connectivity index is 1.65. The first-order chi connectivity index (χ1) is 17.4. The topological polar surface area (TPSA) is 125 Å². The Morgan fingerprint density at radius 2 is 1.71 bits per heavy atom. The molecular weight excluding hydrogens is 523 g/mol. The molecule has 1 spiro atoms. The lowest BCUT2D eigenvalue weighted by atomic mass is 9.94. The molecule has 4 rings (SSSR count). The molecule has 0 unspecified atom stereocenters. The molecule has 2 fully saturated rings. The molecule has 1 saturated heterocycles. The SMILES string of the molecule is CC(C)(C)NS(=O)(=O)c1cccc(C(=O)Nc2ncc([C@@](C)(O)C(F)(F)F)nc2N2CCC3(CC2)CC3)c1. The first kappa shape index (κ1) is 28.2. The van der Waals surface area contributed by atoms with Crippen LogP contribution in [0.25, 0.3) is 0 Å². The first-order valence-corrected chi connectivity index (χ1v) is 13.8. The second-order valence-electron chi connectivity index (χ2n) is 11.3. The van der Waals surface area contributed by atoms with Crippen molar-refractivity contribution < 1.29 is 31.5 Å². The lowest BCUT2D eigenvalue weighted by molar-refractivity contribution is -0.260. The van der Waals surface area contributed by atoms with Gasteiger partial charge in [-0.3, -0.25) is 4.79 Å². The number of piperidine rings is 1. The van der Waals surface area contributed by atoms with Crippen LogP contribution < -0.4 is 14.9 Å². The van der Waals surface area contributed by atoms with Crippen molar-refractivity contribution in [1.29, 1.82) is 0 Å². The van der Waals surface area contributed by atoms with E-state index in [1.807, 2.05) is 0 Å². The summed E-state index contributed by atoms with van der Waals surface area (Å²) in [5.74, 6) is -0.766. The highest BCUT2D eigenvalue weighted by molar-refractivity contribution is 7.89. The standard InChI is InChI=1S/C25H32F3N5O4S/c1-22(2,3)32-38(36,37)17-7-5-6-16(14-17)21(34)31-19-20(33-12-10-24(8-9-24)11-13-33)30-18(15-29-19)23(4,35)25(26,27)28/h5-7,14-15,32,35H,8-13H2,1-4H3,(H,29,31,34)/t23-/m1/s1. The highest BCUT2D eigenvalue weighted by atomic mass is 32.2. The van der Waals surface area contributed by atoms with Gasteiger partial charge >= 0.3 is 6.18 Å². The van der Waals surface area contributed by atoms with Gasteiger partial charge in [-0.1, -0.05) is 6.07 Å². The van der Waals surface area contributed by atoms with Crippen LogP contribution in [0.4, 0.5) is 24.8 Å². The van der Waals surface area contributed by atoms with Gasteiger partial charge < -0.3 is 15.3 Å². The number of nitrogens with one attached hydrogen (secondary N) is 2. The number of carbonyl (C=O) groups excluding carboxylic acids is 1. The summed E-state index contributed by atoms with van der Waals surface area (Å²) in [5, 5.41) is 12.8. The summed E-state index contributed by atoms with van der Waals surface area (Å²) in [5.41, 5.74) is -4.39. The van der Waals surface area contributed by atoms with E-state index in [1.54, 1.807) is 25.7 Å². The van der Waals surface area contributed by atoms with Gasteiger partial charge in [-0.25, -0.2) is 23.1 Å². The smallest absolute Gasteiger partial charge is 0.375 e. The van der Waals surface area contributed by atoms with E-state index in [1.165, 1.54) is 24.3 Å². The number of hydrogen-bond donors (Lipinski definition) is 3. The molecule has 3 N–H and O–H groups in total. The number of halogens is 3. The summed E-state index contributed by atoms with van der Waals surface area (Å²) >= 11 is 0. The van der Waals surface area contributed by atoms with E-state index in [9.17, 15) is 31.5 Å². The molecule has 1 aliphatic carbocycles. The molecule has 2 aliphatic rings. The molecule has 1 amide bonds. The molecule has 0 radical (unpaired) electrons. The summed E-state index contributed by atoms with van der Waals surface area (Å²) in [6.07, 6.45) is -0.306. The van der Waals surface area contributed by atoms with Crippen molar-refractivity contribution >= 4 is 27.6 Å². The van der Waals surface area contributed by atoms with Gasteiger partial charge in [0.15, 0.2) is 11.6 Å². The second-order valence-corrected chi connectivity index (χ2v) is 13.0. The summed E-state index contributed by atoms with van der Waals surface area (Å²) in [4.78, 5) is 22.9. The van der Waals surface area contributed by atoms with Crippen molar-refractivity contribution in [2.24, 2.45) is 5.41 Å². The summed E-state index contributed by atoms with van der Waals surface area (Å²) < 4.78 is 68.5. The highest BCUT2D eigenvalue weighted by Crippen LogP contribution is 2.54. The van der Waals surface area contributed by atoms with E-state index < -0.39 is 38.9 Å². The fourth-order valence-electron chi connectivity index (χ4n) is 4.38. The van der Waals surface area contributed by atoms with Gasteiger partial charge in [0.2, 0.25) is 15.6 Å². The number of anilines is 2. The molecule has 1 aromatic carbocycles. The molecule has 0 bridgehead atoms. The van der Waals surface area contributed by atoms with E-state index in [0.717, 1.165) is 31.9 Å². The minimum atomic E-state index is -4.99. The largest absolute Gasteiger partial charge is 0.422 e. The van der Waals surface area contributed by atoms with Crippen molar-refractivity contribution in [3.05, 3.63) is 41.7 Å². The molecule has 9 nitrogen and oxygen atoms in total. The van der Waals surface area contributed by atoms with Crippen LogP contribution in [-0.4, -0.2) is 54.2 Å². The van der Waals surface area contributed by atoms with Crippen LogP contribution in [0.5, 0.6) is 0 Å². The minimum Gasteiger partial charge on any atom is -0.375 e. The quantitative estimate of drug-likeness (QED) is 0.493. The average molecular weight is 556 g/mol. The number of amides is 1. The zero-order valence-corrected chi connectivity index (χ0v) is 22.5. The lowest BCUT2D eigenvalue weighted by Gasteiger charge is -2.34. The van der Waals surface area contributed by atoms with Gasteiger partial charge in [-0.15, -0.1) is 0 Å². The summed E-state index contributed by atoms with van der Waals surface area (Å²) in [6.45, 7) is 6.70. The average Bonchev–Trinajstić information content (AvgIpc) is 3.56. The van der Waals surface area contributed by atoms with Crippen molar-refractivity contribution in [2.75, 3.05) is 23.3 Å². The molecule has 2 aromatic rings. The maximum Gasteiger partial charge on any atom is 0.422 e. The molecule has 1 aliphatic heterocycles. The third-order valence-corrected chi connectivity index (χ3v) is 8.72. The van der Waals surface area contributed by atoms with Crippen LogP contribution in [0.15, 0.2) is 35.4 Å². The van der Waals surface area contributed by atoms with Crippen LogP contribution in [-0.2, 0) is 15.6 Å². The Bertz CT molecular complexity index is 1330. The predicted octanol–water partition coefficient (Wildman–Crippen LogP) is 3.96. The van der Waals surface area contributed by atoms with Crippen LogP contribution in [0.2, 0.25) is 0 Å². The van der Waals surface area contributed by atoms with Gasteiger partial charge in [0, 0.05) is 24.2 Å². The van der Waals surface area contributed by atoms with Crippen LogP contribution in [0.1, 0.15) is 69.4 Å². The third-order valence-electron chi connectivity index (χ3n) is 6.96. The fraction of sp³-hybridized carbons (Fsp3) is 0.560. The normalized spacial score (nSPS) is 19.2. The number of aromatic nitrogens is 2. The molecular formula is C25H32F3N5O4S. The predicted molar refractivity (Wildman–Crippen MR) is 135 cm³/mol. The maximum absolute atomic E-state index is 13.5. The number of hydrogen-bond acceptors (Lipinski definition) is 7. The second kappa shape index (κ2) is 9.45. The number of aliphatic hydroxyl groups is 1. The van der Waals surface area contributed by atoms with Gasteiger partial charge in [-0.05, 0) is 77.0 Å². The molecule has 13 heteroatoms. The Morgan fingerprint density at radius 1 is 1.08 bits per heavy atom. The van der Waals surface area contributed by atoms with Gasteiger partial charge in [0.25, 0.3) is 5.91 Å². The van der Waals surface area contributed by atoms with Crippen LogP contribution in [0, 0.1) is 5.41 Å². The van der Waals surface area contributed by atoms with Crippen molar-refractivity contribution in [1.82, 2.24) is 14.7 Å². The zero-order chi connectivity index (χ0) is 28.1. The number of nitrogens with zero attached hydrogens (tertiary/aromatic N) is 3. The summed E-state index contributed by atoms with van der Waals surface area (Å²) in [7, 11) is -3.91. The van der Waals surface area contributed by atoms with Crippen molar-refractivity contribution in [3.63, 3.8) is 0 Å². The number of alkyl halides is 3. The van der Waals surface area contributed by atoms with Crippen LogP contribution >= 0.6 is 0 Å². The fourth-order valence-corrected chi connectivity index (χ4v) is 5.85. The molecule has 1 aromatic heterocycles. The van der Waals surface area contributed by atoms with Crippen molar-refractivity contribution in [3.8, 4) is 0 Å². The number of carbonyl (C=O) groups is 1. The van der Waals surface area contributed by atoms with E-state index in [4.69, 9.17) is 0 Å². The Hall–Kier alpha value is -2.77. The monoisotopic (exact) mass is 555 g/mol. The number of sulfonamides is 1. The molecule has 38 heavy (non-hydrogen) atoms. The van der Waals surface area contributed by atoms with E-state index in [2.05, 4.69) is 20.0 Å². The van der Waals surface area contributed by atoms with Gasteiger partial charge in [0.1, 0.15) is 5.69 Å². The molecule has 208 valence electrons. The van der Waals surface area contributed by atoms with Gasteiger partial charge in [0.05, 0.1) is 11.1 Å². The van der Waals surface area contributed by atoms with E-state index in [-0.39, 0.29) is 27.5 Å². The Morgan fingerprint density at radius 3 is 2.26 bits per heavy atom. The molecule has 1 saturated carbocycles. The number of benzene rings is 1. The molecule has 1 atom stereocenters. The highest BCUT2D eigenvalue weighted by Gasteiger charge is 2.53. The zero-order valence-electron chi connectivity index (χ0n) is 21.7. The van der Waals surface area contributed by atoms with Gasteiger partial charge in [-0.2, -0.15) is 13.2 Å². The van der Waals surface area contributed by atoms with Crippen molar-refractivity contribution in [2.45, 2.75) is 75.6 Å². The summed E-state index contributed by atoms with van der Waals surface area (Å²) in [6, 6.07) is 5.39. The Labute approximate surface area is 219 Å². The lowest BCUT2D eigenvalue weighted by Crippen LogP contribution is -2.41. The van der Waals surface area contributed by atoms with E-state index >= 15 is 0 Å². The van der Waals surface area contributed by atoms with Crippen LogP contribution in [0.3, 0.4) is 0 Å².